The average molecular weight is 311 g/mol. The van der Waals surface area contributed by atoms with Gasteiger partial charge in [0.25, 0.3) is 0 Å². The molecule has 0 aliphatic heterocycles. The fraction of sp³-hybridized carbons (Fsp3) is 0.333. The van der Waals surface area contributed by atoms with Crippen LogP contribution in [0.4, 0.5) is 0 Å². The van der Waals surface area contributed by atoms with Crippen molar-refractivity contribution in [1.29, 1.82) is 0 Å². The van der Waals surface area contributed by atoms with Gasteiger partial charge in [0.15, 0.2) is 0 Å². The minimum Gasteiger partial charge on any atom is -0.472 e. The highest BCUT2D eigenvalue weighted by atomic mass is 35.5. The van der Waals surface area contributed by atoms with Crippen molar-refractivity contribution in [3.63, 3.8) is 0 Å². The molecule has 0 aliphatic carbocycles. The van der Waals surface area contributed by atoms with Crippen LogP contribution in [0.1, 0.15) is 36.7 Å². The number of benzene rings is 1. The van der Waals surface area contributed by atoms with Gasteiger partial charge in [-0.3, -0.25) is 0 Å². The van der Waals surface area contributed by atoms with Gasteiger partial charge in [0.05, 0.1) is 0 Å². The van der Waals surface area contributed by atoms with E-state index in [-0.39, 0.29) is 5.92 Å². The molecule has 0 unspecified atom stereocenters. The fourth-order valence-electron chi connectivity index (χ4n) is 1.62. The summed E-state index contributed by atoms with van der Waals surface area (Å²) in [4.78, 5) is 8.68. The van der Waals surface area contributed by atoms with E-state index < -0.39 is 0 Å². The summed E-state index contributed by atoms with van der Waals surface area (Å²) < 4.78 is 5.76. The predicted octanol–water partition coefficient (Wildman–Crippen LogP) is 4.79. The van der Waals surface area contributed by atoms with E-state index in [1.54, 1.807) is 0 Å². The molecular weight excluding hydrogens is 295 g/mol. The predicted molar refractivity (Wildman–Crippen MR) is 81.7 cm³/mol. The van der Waals surface area contributed by atoms with E-state index in [0.717, 1.165) is 11.1 Å². The van der Waals surface area contributed by atoms with Gasteiger partial charge in [0, 0.05) is 16.5 Å². The lowest BCUT2D eigenvalue weighted by Gasteiger charge is -2.12. The molecule has 20 heavy (non-hydrogen) atoms. The molecule has 0 N–H and O–H groups in total. The number of rotatable bonds is 4. The van der Waals surface area contributed by atoms with Gasteiger partial charge in [0.1, 0.15) is 17.6 Å². The Hall–Kier alpha value is -1.32. The van der Waals surface area contributed by atoms with E-state index in [1.807, 2.05) is 45.0 Å². The van der Waals surface area contributed by atoms with Crippen molar-refractivity contribution in [2.45, 2.75) is 33.3 Å². The van der Waals surface area contributed by atoms with Crippen molar-refractivity contribution in [3.8, 4) is 5.88 Å². The third-order valence-electron chi connectivity index (χ3n) is 2.86. The van der Waals surface area contributed by atoms with Gasteiger partial charge in [-0.1, -0.05) is 49.2 Å². The van der Waals surface area contributed by atoms with Crippen LogP contribution in [0.15, 0.2) is 24.3 Å². The van der Waals surface area contributed by atoms with Gasteiger partial charge in [-0.25, -0.2) is 4.98 Å². The molecule has 5 heteroatoms. The van der Waals surface area contributed by atoms with E-state index in [2.05, 4.69) is 9.97 Å². The van der Waals surface area contributed by atoms with Crippen LogP contribution < -0.4 is 4.74 Å². The van der Waals surface area contributed by atoms with Crippen molar-refractivity contribution < 1.29 is 4.74 Å². The lowest BCUT2D eigenvalue weighted by molar-refractivity contribution is 0.289. The lowest BCUT2D eigenvalue weighted by Crippen LogP contribution is -2.05. The summed E-state index contributed by atoms with van der Waals surface area (Å²) in [6.45, 7) is 6.31. The molecule has 0 saturated heterocycles. The Labute approximate surface area is 128 Å². The zero-order valence-corrected chi connectivity index (χ0v) is 13.2. The molecule has 3 nitrogen and oxygen atoms in total. The minimum absolute atomic E-state index is 0.200. The smallest absolute Gasteiger partial charge is 0.221 e. The lowest BCUT2D eigenvalue weighted by atomic mass is 10.2. The van der Waals surface area contributed by atoms with Gasteiger partial charge in [-0.05, 0) is 24.6 Å². The maximum absolute atomic E-state index is 6.12. The van der Waals surface area contributed by atoms with Gasteiger partial charge < -0.3 is 4.74 Å². The van der Waals surface area contributed by atoms with Gasteiger partial charge in [-0.15, -0.1) is 0 Å². The van der Waals surface area contributed by atoms with Crippen LogP contribution in [0.2, 0.25) is 10.2 Å². The van der Waals surface area contributed by atoms with Gasteiger partial charge in [-0.2, -0.15) is 4.98 Å². The maximum atomic E-state index is 6.12. The van der Waals surface area contributed by atoms with E-state index >= 15 is 0 Å². The molecule has 0 fully saturated rings. The van der Waals surface area contributed by atoms with Crippen LogP contribution in [0, 0.1) is 6.92 Å². The number of hydrogen-bond donors (Lipinski definition) is 0. The third-order valence-corrected chi connectivity index (χ3v) is 3.48. The monoisotopic (exact) mass is 310 g/mol. The first-order valence-electron chi connectivity index (χ1n) is 6.38. The number of nitrogens with zero attached hydrogens (tertiary/aromatic N) is 2. The molecule has 0 aliphatic rings. The Bertz CT molecular complexity index is 598. The molecule has 0 radical (unpaired) electrons. The highest BCUT2D eigenvalue weighted by Crippen LogP contribution is 2.25. The Balaban J connectivity index is 2.18. The topological polar surface area (TPSA) is 35.0 Å². The van der Waals surface area contributed by atoms with Crippen molar-refractivity contribution >= 4 is 23.2 Å². The summed E-state index contributed by atoms with van der Waals surface area (Å²) in [6, 6.07) is 7.51. The van der Waals surface area contributed by atoms with E-state index in [9.17, 15) is 0 Å². The molecule has 1 aromatic carbocycles. The van der Waals surface area contributed by atoms with Crippen molar-refractivity contribution in [2.75, 3.05) is 0 Å². The van der Waals surface area contributed by atoms with E-state index in [1.165, 1.54) is 0 Å². The molecule has 0 bridgehead atoms. The molecule has 0 saturated carbocycles. The van der Waals surface area contributed by atoms with Crippen LogP contribution in [0.25, 0.3) is 0 Å². The second-order valence-corrected chi connectivity index (χ2v) is 5.67. The van der Waals surface area contributed by atoms with Crippen molar-refractivity contribution in [3.05, 3.63) is 51.4 Å². The molecule has 1 heterocycles. The molecular formula is C15H16Cl2N2O. The van der Waals surface area contributed by atoms with Crippen LogP contribution in [-0.4, -0.2) is 9.97 Å². The van der Waals surface area contributed by atoms with Crippen LogP contribution in [0.5, 0.6) is 5.88 Å². The quantitative estimate of drug-likeness (QED) is 0.761. The van der Waals surface area contributed by atoms with Gasteiger partial charge in [0.2, 0.25) is 5.88 Å². The summed E-state index contributed by atoms with van der Waals surface area (Å²) in [6.07, 6.45) is 0. The number of halogens is 2. The molecule has 1 aromatic heterocycles. The van der Waals surface area contributed by atoms with E-state index in [0.29, 0.717) is 28.5 Å². The maximum Gasteiger partial charge on any atom is 0.221 e. The molecule has 2 rings (SSSR count). The first kappa shape index (κ1) is 15.1. The molecule has 0 amide bonds. The minimum atomic E-state index is 0.200. The highest BCUT2D eigenvalue weighted by Gasteiger charge is 2.13. The normalized spacial score (nSPS) is 10.9. The Morgan fingerprint density at radius 1 is 1.10 bits per heavy atom. The fourth-order valence-corrected chi connectivity index (χ4v) is 1.91. The summed E-state index contributed by atoms with van der Waals surface area (Å²) in [5.74, 6) is 1.42. The average Bonchev–Trinajstić information content (AvgIpc) is 2.42. The zero-order chi connectivity index (χ0) is 14.7. The zero-order valence-electron chi connectivity index (χ0n) is 11.7. The number of aromatic nitrogens is 2. The standard InChI is InChI=1S/C15H16Cl2N2O/c1-9(2)14-18-13(17)10(3)15(19-14)20-8-11-4-6-12(16)7-5-11/h4-7,9H,8H2,1-3H3. The highest BCUT2D eigenvalue weighted by molar-refractivity contribution is 6.30. The van der Waals surface area contributed by atoms with Crippen LogP contribution in [-0.2, 0) is 6.61 Å². The Morgan fingerprint density at radius 2 is 1.75 bits per heavy atom. The summed E-state index contributed by atoms with van der Waals surface area (Å²) in [5.41, 5.74) is 1.78. The van der Waals surface area contributed by atoms with Crippen LogP contribution >= 0.6 is 23.2 Å². The molecule has 0 atom stereocenters. The van der Waals surface area contributed by atoms with Crippen LogP contribution in [0.3, 0.4) is 0 Å². The van der Waals surface area contributed by atoms with Gasteiger partial charge >= 0.3 is 0 Å². The SMILES string of the molecule is Cc1c(Cl)nc(C(C)C)nc1OCc1ccc(Cl)cc1. The van der Waals surface area contributed by atoms with Crippen molar-refractivity contribution in [2.24, 2.45) is 0 Å². The summed E-state index contributed by atoms with van der Waals surface area (Å²) in [7, 11) is 0. The Kier molecular flexibility index (Phi) is 4.84. The molecule has 2 aromatic rings. The Morgan fingerprint density at radius 3 is 2.35 bits per heavy atom. The summed E-state index contributed by atoms with van der Waals surface area (Å²) in [5, 5.41) is 1.15. The molecule has 0 spiro atoms. The number of hydrogen-bond acceptors (Lipinski definition) is 3. The number of ether oxygens (including phenoxy) is 1. The second kappa shape index (κ2) is 6.42. The first-order valence-corrected chi connectivity index (χ1v) is 7.14. The molecule has 106 valence electrons. The van der Waals surface area contributed by atoms with E-state index in [4.69, 9.17) is 27.9 Å². The van der Waals surface area contributed by atoms with Crippen molar-refractivity contribution in [1.82, 2.24) is 9.97 Å². The first-order chi connectivity index (χ1) is 9.47. The third kappa shape index (κ3) is 3.62. The second-order valence-electron chi connectivity index (χ2n) is 4.87. The summed E-state index contributed by atoms with van der Waals surface area (Å²) >= 11 is 12.0. The largest absolute Gasteiger partial charge is 0.472 e.